The fourth-order valence-electron chi connectivity index (χ4n) is 1.65. The largest absolute Gasteiger partial charge is 0.468 e. The zero-order chi connectivity index (χ0) is 11.2. The maximum absolute atomic E-state index is 5.25. The first-order valence-electron chi connectivity index (χ1n) is 5.64. The van der Waals surface area contributed by atoms with Gasteiger partial charge in [-0.1, -0.05) is 6.92 Å². The van der Waals surface area contributed by atoms with Crippen molar-refractivity contribution in [3.63, 3.8) is 0 Å². The van der Waals surface area contributed by atoms with Crippen LogP contribution >= 0.6 is 12.4 Å². The first-order chi connectivity index (χ1) is 7.90. The van der Waals surface area contributed by atoms with Gasteiger partial charge in [-0.05, 0) is 24.6 Å². The summed E-state index contributed by atoms with van der Waals surface area (Å²) in [4.78, 5) is 0. The van der Waals surface area contributed by atoms with Crippen molar-refractivity contribution in [2.75, 3.05) is 0 Å². The molecular formula is C12H18ClN3O. The lowest BCUT2D eigenvalue weighted by Crippen LogP contribution is -2.16. The molecule has 0 radical (unpaired) electrons. The van der Waals surface area contributed by atoms with E-state index in [-0.39, 0.29) is 12.4 Å². The number of rotatable bonds is 6. The molecule has 0 saturated heterocycles. The van der Waals surface area contributed by atoms with Gasteiger partial charge < -0.3 is 9.73 Å². The van der Waals surface area contributed by atoms with Crippen LogP contribution in [0.3, 0.4) is 0 Å². The maximum atomic E-state index is 5.25. The molecule has 2 rings (SSSR count). The molecule has 2 aromatic rings. The molecule has 0 bridgehead atoms. The molecule has 0 amide bonds. The van der Waals surface area contributed by atoms with E-state index in [0.717, 1.165) is 31.8 Å². The predicted octanol–water partition coefficient (Wildman–Crippen LogP) is 2.60. The van der Waals surface area contributed by atoms with Crippen LogP contribution in [-0.4, -0.2) is 9.78 Å². The predicted molar refractivity (Wildman–Crippen MR) is 69.0 cm³/mol. The molecule has 0 fully saturated rings. The van der Waals surface area contributed by atoms with Crippen molar-refractivity contribution in [1.29, 1.82) is 0 Å². The molecule has 0 atom stereocenters. The quantitative estimate of drug-likeness (QED) is 0.863. The summed E-state index contributed by atoms with van der Waals surface area (Å²) in [6, 6.07) is 5.92. The molecule has 17 heavy (non-hydrogen) atoms. The molecule has 0 aromatic carbocycles. The van der Waals surface area contributed by atoms with E-state index in [1.165, 1.54) is 5.69 Å². The summed E-state index contributed by atoms with van der Waals surface area (Å²) in [5.74, 6) is 0.960. The van der Waals surface area contributed by atoms with Gasteiger partial charge in [-0.15, -0.1) is 12.4 Å². The number of aryl methyl sites for hydroxylation is 1. The lowest BCUT2D eigenvalue weighted by Gasteiger charge is -2.06. The molecule has 0 aliphatic carbocycles. The van der Waals surface area contributed by atoms with Crippen LogP contribution in [0.1, 0.15) is 24.8 Å². The van der Waals surface area contributed by atoms with Crippen molar-refractivity contribution in [3.05, 3.63) is 42.1 Å². The Bertz CT molecular complexity index is 411. The zero-order valence-corrected chi connectivity index (χ0v) is 10.7. The highest BCUT2D eigenvalue weighted by Gasteiger charge is 2.01. The fourth-order valence-corrected chi connectivity index (χ4v) is 1.65. The van der Waals surface area contributed by atoms with Gasteiger partial charge in [-0.25, -0.2) is 0 Å². The van der Waals surface area contributed by atoms with Gasteiger partial charge in [-0.2, -0.15) is 5.10 Å². The van der Waals surface area contributed by atoms with Gasteiger partial charge >= 0.3 is 0 Å². The Kier molecular flexibility index (Phi) is 5.80. The molecule has 0 unspecified atom stereocenters. The molecule has 94 valence electrons. The van der Waals surface area contributed by atoms with Crippen molar-refractivity contribution in [3.8, 4) is 0 Å². The summed E-state index contributed by atoms with van der Waals surface area (Å²) in [5.41, 5.74) is 1.22. The van der Waals surface area contributed by atoms with Gasteiger partial charge in [0.25, 0.3) is 0 Å². The van der Waals surface area contributed by atoms with Gasteiger partial charge in [0.2, 0.25) is 0 Å². The van der Waals surface area contributed by atoms with Gasteiger partial charge in [0.05, 0.1) is 18.5 Å². The third-order valence-corrected chi connectivity index (χ3v) is 2.43. The van der Waals surface area contributed by atoms with Crippen molar-refractivity contribution in [2.45, 2.75) is 33.0 Å². The second-order valence-electron chi connectivity index (χ2n) is 3.73. The molecule has 5 heteroatoms. The molecule has 0 spiro atoms. The number of nitrogens with one attached hydrogen (secondary N) is 1. The van der Waals surface area contributed by atoms with Crippen LogP contribution in [0.15, 0.2) is 35.1 Å². The average Bonchev–Trinajstić information content (AvgIpc) is 2.91. The summed E-state index contributed by atoms with van der Waals surface area (Å²) < 4.78 is 7.28. The Morgan fingerprint density at radius 2 is 2.24 bits per heavy atom. The highest BCUT2D eigenvalue weighted by Crippen LogP contribution is 2.02. The molecular weight excluding hydrogens is 238 g/mol. The van der Waals surface area contributed by atoms with E-state index in [0.29, 0.717) is 0 Å². The molecule has 0 saturated carbocycles. The summed E-state index contributed by atoms with van der Waals surface area (Å²) in [6.07, 6.45) is 4.64. The van der Waals surface area contributed by atoms with Crippen LogP contribution in [0.5, 0.6) is 0 Å². The van der Waals surface area contributed by atoms with Gasteiger partial charge in [-0.3, -0.25) is 4.68 Å². The highest BCUT2D eigenvalue weighted by atomic mass is 35.5. The van der Waals surface area contributed by atoms with Crippen LogP contribution < -0.4 is 5.32 Å². The Balaban J connectivity index is 0.00000144. The van der Waals surface area contributed by atoms with E-state index in [1.54, 1.807) is 6.26 Å². The lowest BCUT2D eigenvalue weighted by molar-refractivity contribution is 0.474. The molecule has 4 nitrogen and oxygen atoms in total. The molecule has 1 N–H and O–H groups in total. The first-order valence-corrected chi connectivity index (χ1v) is 5.64. The van der Waals surface area contributed by atoms with Crippen molar-refractivity contribution in [2.24, 2.45) is 0 Å². The topological polar surface area (TPSA) is 43.0 Å². The van der Waals surface area contributed by atoms with Gasteiger partial charge in [0.15, 0.2) is 0 Å². The Morgan fingerprint density at radius 1 is 1.35 bits per heavy atom. The summed E-state index contributed by atoms with van der Waals surface area (Å²) in [6.45, 7) is 4.71. The van der Waals surface area contributed by atoms with Crippen LogP contribution in [0.25, 0.3) is 0 Å². The lowest BCUT2D eigenvalue weighted by atomic mass is 10.4. The molecule has 2 heterocycles. The average molecular weight is 256 g/mol. The van der Waals surface area contributed by atoms with E-state index >= 15 is 0 Å². The normalized spacial score (nSPS) is 10.2. The van der Waals surface area contributed by atoms with Crippen molar-refractivity contribution in [1.82, 2.24) is 15.1 Å². The van der Waals surface area contributed by atoms with E-state index in [2.05, 4.69) is 17.3 Å². The number of furan rings is 1. The van der Waals surface area contributed by atoms with Crippen molar-refractivity contribution < 1.29 is 4.42 Å². The Hall–Kier alpha value is -1.26. The Morgan fingerprint density at radius 3 is 2.94 bits per heavy atom. The van der Waals surface area contributed by atoms with Gasteiger partial charge in [0, 0.05) is 19.3 Å². The number of halogens is 1. The highest BCUT2D eigenvalue weighted by molar-refractivity contribution is 5.85. The number of aromatic nitrogens is 2. The van der Waals surface area contributed by atoms with E-state index in [9.17, 15) is 0 Å². The third kappa shape index (κ3) is 3.91. The van der Waals surface area contributed by atoms with Gasteiger partial charge in [0.1, 0.15) is 5.76 Å². The minimum Gasteiger partial charge on any atom is -0.468 e. The smallest absolute Gasteiger partial charge is 0.117 e. The minimum absolute atomic E-state index is 0. The van der Waals surface area contributed by atoms with Crippen LogP contribution in [0.4, 0.5) is 0 Å². The first kappa shape index (κ1) is 13.8. The summed E-state index contributed by atoms with van der Waals surface area (Å²) in [5, 5.41) is 7.61. The molecule has 2 aromatic heterocycles. The van der Waals surface area contributed by atoms with Crippen molar-refractivity contribution >= 4 is 12.4 Å². The standard InChI is InChI=1S/C12H17N3O.ClH/c1-2-7-15-11(5-6-14-15)9-13-10-12-4-3-8-16-12;/h3-6,8,13H,2,7,9-10H2,1H3;1H. The maximum Gasteiger partial charge on any atom is 0.117 e. The second kappa shape index (κ2) is 7.14. The third-order valence-electron chi connectivity index (χ3n) is 2.43. The monoisotopic (exact) mass is 255 g/mol. The number of nitrogens with zero attached hydrogens (tertiary/aromatic N) is 2. The summed E-state index contributed by atoms with van der Waals surface area (Å²) in [7, 11) is 0. The van der Waals surface area contributed by atoms with Crippen LogP contribution in [0.2, 0.25) is 0 Å². The van der Waals surface area contributed by atoms with E-state index in [4.69, 9.17) is 4.42 Å². The second-order valence-corrected chi connectivity index (χ2v) is 3.73. The van der Waals surface area contributed by atoms with Crippen LogP contribution in [-0.2, 0) is 19.6 Å². The fraction of sp³-hybridized carbons (Fsp3) is 0.417. The van der Waals surface area contributed by atoms with Crippen LogP contribution in [0, 0.1) is 0 Å². The number of hydrogen-bond acceptors (Lipinski definition) is 3. The summed E-state index contributed by atoms with van der Waals surface area (Å²) >= 11 is 0. The molecule has 0 aliphatic heterocycles. The van der Waals surface area contributed by atoms with E-state index in [1.807, 2.05) is 29.1 Å². The number of hydrogen-bond donors (Lipinski definition) is 1. The Labute approximate surface area is 107 Å². The molecule has 0 aliphatic rings. The van der Waals surface area contributed by atoms with E-state index < -0.39 is 0 Å². The minimum atomic E-state index is 0. The zero-order valence-electron chi connectivity index (χ0n) is 9.93. The SMILES string of the molecule is CCCn1nccc1CNCc1ccco1.Cl.